The lowest BCUT2D eigenvalue weighted by molar-refractivity contribution is -0.148. The molecule has 0 aliphatic rings. The van der Waals surface area contributed by atoms with Crippen molar-refractivity contribution in [3.63, 3.8) is 0 Å². The summed E-state index contributed by atoms with van der Waals surface area (Å²) < 4.78 is 10.9. The third-order valence-electron chi connectivity index (χ3n) is 7.15. The smallest absolute Gasteiger partial charge is 0.328 e. The molecule has 0 unspecified atom stereocenters. The second-order valence-electron chi connectivity index (χ2n) is 10.7. The van der Waals surface area contributed by atoms with Crippen molar-refractivity contribution in [1.29, 1.82) is 5.26 Å². The highest BCUT2D eigenvalue weighted by Crippen LogP contribution is 2.42. The number of hydrogen-bond acceptors (Lipinski definition) is 12. The van der Waals surface area contributed by atoms with Crippen LogP contribution in [0.2, 0.25) is 5.02 Å². The number of halogens is 1. The second-order valence-corrected chi connectivity index (χ2v) is 13.0. The van der Waals surface area contributed by atoms with Crippen LogP contribution in [0.1, 0.15) is 37.4 Å². The van der Waals surface area contributed by atoms with Gasteiger partial charge in [0.05, 0.1) is 23.9 Å². The van der Waals surface area contributed by atoms with Gasteiger partial charge in [-0.2, -0.15) is 5.26 Å². The van der Waals surface area contributed by atoms with Crippen LogP contribution in [0.5, 0.6) is 5.75 Å². The molecule has 0 aliphatic heterocycles. The van der Waals surface area contributed by atoms with Gasteiger partial charge in [0.15, 0.2) is 0 Å². The molecule has 0 spiro atoms. The molecule has 2 atom stereocenters. The zero-order valence-electron chi connectivity index (χ0n) is 26.6. The lowest BCUT2D eigenvalue weighted by Gasteiger charge is -2.17. The molecule has 49 heavy (non-hydrogen) atoms. The van der Waals surface area contributed by atoms with Gasteiger partial charge >= 0.3 is 5.97 Å². The fourth-order valence-electron chi connectivity index (χ4n) is 4.58. The van der Waals surface area contributed by atoms with Crippen LogP contribution in [0.3, 0.4) is 0 Å². The summed E-state index contributed by atoms with van der Waals surface area (Å²) in [4.78, 5) is 37.2. The van der Waals surface area contributed by atoms with Gasteiger partial charge in [-0.15, -0.1) is 11.3 Å². The van der Waals surface area contributed by atoms with Gasteiger partial charge < -0.3 is 32.0 Å². The maximum atomic E-state index is 12.3. The van der Waals surface area contributed by atoms with Crippen LogP contribution in [0.4, 0.5) is 11.5 Å². The predicted molar refractivity (Wildman–Crippen MR) is 192 cm³/mol. The SMILES string of the molecule is [C-]#[N+]c1c(N)nc(SCc2csc(-c3ccc(Cl)cc3)n2)c(C#N)c1-c1ccc(OCCOC(=O)[C@@H](C)NC(=O)[C@@H](N)CCCCN)cc1. The normalized spacial score (nSPS) is 12.0. The van der Waals surface area contributed by atoms with Crippen LogP contribution in [-0.4, -0.2) is 53.7 Å². The number of carbonyl (C=O) groups excluding carboxylic acids is 2. The number of hydrogen-bond donors (Lipinski definition) is 4. The number of nitrogens with zero attached hydrogens (tertiary/aromatic N) is 4. The van der Waals surface area contributed by atoms with E-state index in [4.69, 9.17) is 49.8 Å². The summed E-state index contributed by atoms with van der Waals surface area (Å²) >= 11 is 8.82. The number of nitrogens with two attached hydrogens (primary N) is 3. The molecule has 4 aromatic rings. The van der Waals surface area contributed by atoms with Crippen LogP contribution in [0, 0.1) is 17.9 Å². The molecule has 254 valence electrons. The molecule has 4 rings (SSSR count). The summed E-state index contributed by atoms with van der Waals surface area (Å²) in [7, 11) is 0. The summed E-state index contributed by atoms with van der Waals surface area (Å²) in [6, 6.07) is 14.8. The Bertz CT molecular complexity index is 1840. The molecular formula is C34H35ClN8O4S2. The first-order valence-corrected chi connectivity index (χ1v) is 17.5. The van der Waals surface area contributed by atoms with Crippen LogP contribution >= 0.6 is 34.7 Å². The summed E-state index contributed by atoms with van der Waals surface area (Å²) in [5.74, 6) is -0.105. The molecule has 2 aromatic carbocycles. The third-order valence-corrected chi connectivity index (χ3v) is 9.35. The number of unbranched alkanes of at least 4 members (excludes halogenated alkanes) is 1. The third kappa shape index (κ3) is 10.2. The minimum absolute atomic E-state index is 0.0211. The first kappa shape index (κ1) is 37.1. The van der Waals surface area contributed by atoms with Gasteiger partial charge in [-0.3, -0.25) is 4.79 Å². The number of nitriles is 1. The zero-order valence-corrected chi connectivity index (χ0v) is 29.0. The Morgan fingerprint density at radius 1 is 1.12 bits per heavy atom. The Morgan fingerprint density at radius 3 is 2.51 bits per heavy atom. The highest BCUT2D eigenvalue weighted by molar-refractivity contribution is 7.98. The fourth-order valence-corrected chi connectivity index (χ4v) is 6.52. The van der Waals surface area contributed by atoms with Crippen LogP contribution in [0.15, 0.2) is 58.9 Å². The quantitative estimate of drug-likeness (QED) is 0.0480. The van der Waals surface area contributed by atoms with Gasteiger partial charge in [-0.1, -0.05) is 54.0 Å². The highest BCUT2D eigenvalue weighted by Gasteiger charge is 2.22. The fraction of sp³-hybridized carbons (Fsp3) is 0.294. The lowest BCUT2D eigenvalue weighted by Crippen LogP contribution is -2.47. The molecular weight excluding hydrogens is 684 g/mol. The molecule has 0 radical (unpaired) electrons. The highest BCUT2D eigenvalue weighted by atomic mass is 35.5. The molecule has 0 bridgehead atoms. The number of aromatic nitrogens is 2. The van der Waals surface area contributed by atoms with Crippen LogP contribution < -0.4 is 27.3 Å². The van der Waals surface area contributed by atoms with Crippen molar-refractivity contribution in [2.45, 2.75) is 49.0 Å². The number of carbonyl (C=O) groups is 2. The van der Waals surface area contributed by atoms with Gasteiger partial charge in [-0.25, -0.2) is 19.6 Å². The van der Waals surface area contributed by atoms with Crippen molar-refractivity contribution in [2.75, 3.05) is 25.5 Å². The average molecular weight is 719 g/mol. The van der Waals surface area contributed by atoms with E-state index in [1.165, 1.54) is 30.0 Å². The molecule has 0 aliphatic carbocycles. The van der Waals surface area contributed by atoms with E-state index in [1.807, 2.05) is 29.6 Å². The van der Waals surface area contributed by atoms with E-state index in [9.17, 15) is 14.9 Å². The standard InChI is InChI=1S/C34H35ClN8O4S2/c1-20(41-31(44)27(38)5-3-4-14-36)34(45)47-16-15-46-25-12-8-21(9-13-25)28-26(17-37)33(43-30(39)29(28)40-2)49-19-24-18-48-32(42-24)22-6-10-23(35)11-7-22/h6-13,18,20,27H,3-5,14-16,19,36,38H2,1H3,(H2,39,43)(H,41,44)/t20-,27+/m1/s1. The molecule has 0 saturated carbocycles. The van der Waals surface area contributed by atoms with Gasteiger partial charge in [-0.05, 0) is 56.1 Å². The molecule has 12 nitrogen and oxygen atoms in total. The van der Waals surface area contributed by atoms with Crippen LogP contribution in [0.25, 0.3) is 26.5 Å². The number of pyridine rings is 1. The maximum Gasteiger partial charge on any atom is 0.328 e. The molecule has 2 aromatic heterocycles. The predicted octanol–water partition coefficient (Wildman–Crippen LogP) is 5.71. The van der Waals surface area contributed by atoms with E-state index in [0.29, 0.717) is 45.6 Å². The Hall–Kier alpha value is -4.70. The Labute approximate surface area is 297 Å². The minimum Gasteiger partial charge on any atom is -0.490 e. The Balaban J connectivity index is 1.36. The second kappa shape index (κ2) is 18.2. The first-order chi connectivity index (χ1) is 23.6. The van der Waals surface area contributed by atoms with Gasteiger partial charge in [0.1, 0.15) is 46.9 Å². The molecule has 7 N–H and O–H groups in total. The van der Waals surface area contributed by atoms with E-state index >= 15 is 0 Å². The number of nitrogens with one attached hydrogen (secondary N) is 1. The number of thiazole rings is 1. The summed E-state index contributed by atoms with van der Waals surface area (Å²) in [5, 5.41) is 16.6. The maximum absolute atomic E-state index is 12.3. The number of amides is 1. The lowest BCUT2D eigenvalue weighted by atomic mass is 10.00. The van der Waals surface area contributed by atoms with E-state index in [2.05, 4.69) is 21.2 Å². The molecule has 0 saturated heterocycles. The van der Waals surface area contributed by atoms with Crippen molar-refractivity contribution in [3.05, 3.63) is 81.6 Å². The zero-order chi connectivity index (χ0) is 35.3. The first-order valence-electron chi connectivity index (χ1n) is 15.2. The van der Waals surface area contributed by atoms with E-state index in [1.54, 1.807) is 24.3 Å². The minimum atomic E-state index is -0.873. The van der Waals surface area contributed by atoms with Crippen molar-refractivity contribution >= 4 is 58.1 Å². The van der Waals surface area contributed by atoms with Crippen LogP contribution in [-0.2, 0) is 20.1 Å². The molecule has 1 amide bonds. The summed E-state index contributed by atoms with van der Waals surface area (Å²) in [6.45, 7) is 9.79. The van der Waals surface area contributed by atoms with Crippen molar-refractivity contribution in [3.8, 4) is 33.5 Å². The summed E-state index contributed by atoms with van der Waals surface area (Å²) in [6.07, 6.45) is 1.97. The Morgan fingerprint density at radius 2 is 1.84 bits per heavy atom. The number of anilines is 1. The average Bonchev–Trinajstić information content (AvgIpc) is 3.58. The summed E-state index contributed by atoms with van der Waals surface area (Å²) in [5.41, 5.74) is 20.6. The van der Waals surface area contributed by atoms with Crippen molar-refractivity contribution in [1.82, 2.24) is 15.3 Å². The number of thioether (sulfide) groups is 1. The monoisotopic (exact) mass is 718 g/mol. The number of rotatable bonds is 16. The van der Waals surface area contributed by atoms with E-state index in [0.717, 1.165) is 29.1 Å². The van der Waals surface area contributed by atoms with Crippen molar-refractivity contribution < 1.29 is 19.1 Å². The Kier molecular flexibility index (Phi) is 13.8. The van der Waals surface area contributed by atoms with E-state index in [-0.39, 0.29) is 30.3 Å². The largest absolute Gasteiger partial charge is 0.490 e. The van der Waals surface area contributed by atoms with Gasteiger partial charge in [0.25, 0.3) is 0 Å². The molecule has 15 heteroatoms. The number of ether oxygens (including phenoxy) is 2. The topological polar surface area (TPSA) is 197 Å². The number of nitrogen functional groups attached to an aromatic ring is 1. The van der Waals surface area contributed by atoms with Gasteiger partial charge in [0.2, 0.25) is 11.6 Å². The molecule has 2 heterocycles. The number of esters is 1. The van der Waals surface area contributed by atoms with Gasteiger partial charge in [0, 0.05) is 27.3 Å². The number of benzene rings is 2. The van der Waals surface area contributed by atoms with E-state index < -0.39 is 24.0 Å². The molecule has 0 fully saturated rings. The van der Waals surface area contributed by atoms with Crippen molar-refractivity contribution in [2.24, 2.45) is 11.5 Å².